The number of nitrogens with one attached hydrogen (secondary N) is 1. The molecule has 4 heteroatoms. The molecule has 0 radical (unpaired) electrons. The predicted molar refractivity (Wildman–Crippen MR) is 62.4 cm³/mol. The van der Waals surface area contributed by atoms with Gasteiger partial charge in [-0.3, -0.25) is 4.79 Å². The molecular weight excluding hydrogens is 206 g/mol. The van der Waals surface area contributed by atoms with Gasteiger partial charge in [-0.2, -0.15) is 0 Å². The maximum absolute atomic E-state index is 12.1. The molecule has 0 aromatic heterocycles. The fourth-order valence-electron chi connectivity index (χ4n) is 1.44. The van der Waals surface area contributed by atoms with E-state index in [0.717, 1.165) is 0 Å². The molecule has 0 saturated heterocycles. The van der Waals surface area contributed by atoms with Crippen LogP contribution >= 0.6 is 0 Å². The van der Waals surface area contributed by atoms with E-state index in [1.54, 1.807) is 32.2 Å². The highest BCUT2D eigenvalue weighted by atomic mass is 16.5. The standard InChI is InChI=1S/C12H17NO3/c1-8(13-2)12(14)11-9(15-3)6-5-7-10(11)16-4/h5-8,13H,1-4H3. The van der Waals surface area contributed by atoms with Crippen LogP contribution in [0, 0.1) is 0 Å². The summed E-state index contributed by atoms with van der Waals surface area (Å²) in [6.45, 7) is 1.80. The van der Waals surface area contributed by atoms with Gasteiger partial charge in [-0.05, 0) is 26.1 Å². The van der Waals surface area contributed by atoms with Crippen molar-refractivity contribution in [3.05, 3.63) is 23.8 Å². The third-order valence-electron chi connectivity index (χ3n) is 2.50. The van der Waals surface area contributed by atoms with Crippen molar-refractivity contribution >= 4 is 5.78 Å². The van der Waals surface area contributed by atoms with Crippen LogP contribution in [0.4, 0.5) is 0 Å². The highest BCUT2D eigenvalue weighted by Gasteiger charge is 2.21. The van der Waals surface area contributed by atoms with Gasteiger partial charge >= 0.3 is 0 Å². The topological polar surface area (TPSA) is 47.6 Å². The molecule has 0 heterocycles. The Morgan fingerprint density at radius 3 is 2.12 bits per heavy atom. The third kappa shape index (κ3) is 2.33. The molecule has 1 rings (SSSR count). The average Bonchev–Trinajstić information content (AvgIpc) is 2.35. The van der Waals surface area contributed by atoms with Gasteiger partial charge in [0, 0.05) is 0 Å². The molecule has 0 amide bonds. The molecule has 0 aliphatic rings. The lowest BCUT2D eigenvalue weighted by atomic mass is 10.0. The van der Waals surface area contributed by atoms with E-state index < -0.39 is 0 Å². The predicted octanol–water partition coefficient (Wildman–Crippen LogP) is 1.49. The van der Waals surface area contributed by atoms with E-state index in [2.05, 4.69) is 5.32 Å². The minimum atomic E-state index is -0.273. The van der Waals surface area contributed by atoms with Crippen molar-refractivity contribution in [1.82, 2.24) is 5.32 Å². The van der Waals surface area contributed by atoms with Gasteiger partial charge in [0.25, 0.3) is 0 Å². The first kappa shape index (κ1) is 12.5. The third-order valence-corrected chi connectivity index (χ3v) is 2.50. The van der Waals surface area contributed by atoms with Crippen molar-refractivity contribution in [3.8, 4) is 11.5 Å². The molecule has 4 nitrogen and oxygen atoms in total. The van der Waals surface area contributed by atoms with Crippen LogP contribution in [0.3, 0.4) is 0 Å². The highest BCUT2D eigenvalue weighted by Crippen LogP contribution is 2.29. The van der Waals surface area contributed by atoms with Gasteiger partial charge in [0.15, 0.2) is 5.78 Å². The second-order valence-corrected chi connectivity index (χ2v) is 3.41. The summed E-state index contributed by atoms with van der Waals surface area (Å²) in [5.41, 5.74) is 0.481. The number of methoxy groups -OCH3 is 2. The Balaban J connectivity index is 3.23. The Hall–Kier alpha value is -1.55. The van der Waals surface area contributed by atoms with Gasteiger partial charge in [0.05, 0.1) is 20.3 Å². The number of likely N-dealkylation sites (N-methyl/N-ethyl adjacent to an activating group) is 1. The fourth-order valence-corrected chi connectivity index (χ4v) is 1.44. The summed E-state index contributed by atoms with van der Waals surface area (Å²) in [7, 11) is 4.82. The molecule has 88 valence electrons. The second-order valence-electron chi connectivity index (χ2n) is 3.41. The highest BCUT2D eigenvalue weighted by molar-refractivity contribution is 6.04. The van der Waals surface area contributed by atoms with Crippen LogP contribution < -0.4 is 14.8 Å². The first-order chi connectivity index (χ1) is 7.65. The summed E-state index contributed by atoms with van der Waals surface area (Å²) in [4.78, 5) is 12.1. The molecule has 16 heavy (non-hydrogen) atoms. The monoisotopic (exact) mass is 223 g/mol. The minimum absolute atomic E-state index is 0.0446. The van der Waals surface area contributed by atoms with Crippen LogP contribution in [0.5, 0.6) is 11.5 Å². The molecule has 1 N–H and O–H groups in total. The molecule has 0 fully saturated rings. The maximum Gasteiger partial charge on any atom is 0.186 e. The first-order valence-corrected chi connectivity index (χ1v) is 5.08. The molecule has 1 atom stereocenters. The summed E-state index contributed by atoms with van der Waals surface area (Å²) in [6.07, 6.45) is 0. The van der Waals surface area contributed by atoms with Gasteiger partial charge in [-0.25, -0.2) is 0 Å². The number of hydrogen-bond acceptors (Lipinski definition) is 4. The summed E-state index contributed by atoms with van der Waals surface area (Å²) >= 11 is 0. The smallest absolute Gasteiger partial charge is 0.186 e. The number of ether oxygens (including phenoxy) is 2. The van der Waals surface area contributed by atoms with E-state index in [4.69, 9.17) is 9.47 Å². The Labute approximate surface area is 95.6 Å². The van der Waals surface area contributed by atoms with Crippen molar-refractivity contribution in [3.63, 3.8) is 0 Å². The first-order valence-electron chi connectivity index (χ1n) is 5.08. The van der Waals surface area contributed by atoms with Crippen LogP contribution in [0.25, 0.3) is 0 Å². The minimum Gasteiger partial charge on any atom is -0.496 e. The van der Waals surface area contributed by atoms with Crippen LogP contribution in [0.1, 0.15) is 17.3 Å². The molecule has 0 spiro atoms. The normalized spacial score (nSPS) is 12.0. The SMILES string of the molecule is CNC(C)C(=O)c1c(OC)cccc1OC. The fraction of sp³-hybridized carbons (Fsp3) is 0.417. The molecule has 0 saturated carbocycles. The Morgan fingerprint density at radius 1 is 1.25 bits per heavy atom. The van der Waals surface area contributed by atoms with E-state index in [-0.39, 0.29) is 11.8 Å². The van der Waals surface area contributed by atoms with Crippen molar-refractivity contribution in [1.29, 1.82) is 0 Å². The van der Waals surface area contributed by atoms with Crippen molar-refractivity contribution < 1.29 is 14.3 Å². The Kier molecular flexibility index (Phi) is 4.31. The van der Waals surface area contributed by atoms with Gasteiger partial charge in [-0.1, -0.05) is 6.07 Å². The molecule has 1 unspecified atom stereocenters. The molecule has 1 aromatic carbocycles. The molecule has 0 aliphatic carbocycles. The van der Waals surface area contributed by atoms with Gasteiger partial charge in [-0.15, -0.1) is 0 Å². The molecular formula is C12H17NO3. The zero-order valence-electron chi connectivity index (χ0n) is 10.0. The average molecular weight is 223 g/mol. The summed E-state index contributed by atoms with van der Waals surface area (Å²) in [5.74, 6) is 1.02. The molecule has 0 aliphatic heterocycles. The Bertz CT molecular complexity index is 354. The number of hydrogen-bond donors (Lipinski definition) is 1. The lowest BCUT2D eigenvalue weighted by Crippen LogP contribution is -2.31. The zero-order valence-corrected chi connectivity index (χ0v) is 10.0. The van der Waals surface area contributed by atoms with E-state index in [1.807, 2.05) is 0 Å². The van der Waals surface area contributed by atoms with Crippen LogP contribution in [0.2, 0.25) is 0 Å². The molecule has 1 aromatic rings. The van der Waals surface area contributed by atoms with Crippen molar-refractivity contribution in [2.75, 3.05) is 21.3 Å². The van der Waals surface area contributed by atoms with E-state index in [0.29, 0.717) is 17.1 Å². The number of Topliss-reactive ketones (excluding diaryl/α,β-unsaturated/α-hetero) is 1. The summed E-state index contributed by atoms with van der Waals surface area (Å²) < 4.78 is 10.4. The second kappa shape index (κ2) is 5.51. The maximum atomic E-state index is 12.1. The van der Waals surface area contributed by atoms with Gasteiger partial charge < -0.3 is 14.8 Å². The van der Waals surface area contributed by atoms with Gasteiger partial charge in [0.1, 0.15) is 17.1 Å². The van der Waals surface area contributed by atoms with Gasteiger partial charge in [0.2, 0.25) is 0 Å². The van der Waals surface area contributed by atoms with Crippen molar-refractivity contribution in [2.45, 2.75) is 13.0 Å². The van der Waals surface area contributed by atoms with Crippen LogP contribution in [0.15, 0.2) is 18.2 Å². The summed E-state index contributed by atoms with van der Waals surface area (Å²) in [6, 6.07) is 5.01. The van der Waals surface area contributed by atoms with E-state index in [1.165, 1.54) is 14.2 Å². The zero-order chi connectivity index (χ0) is 12.1. The lowest BCUT2D eigenvalue weighted by Gasteiger charge is -2.15. The van der Waals surface area contributed by atoms with Crippen LogP contribution in [-0.4, -0.2) is 33.1 Å². The summed E-state index contributed by atoms with van der Waals surface area (Å²) in [5, 5.41) is 2.91. The number of ketones is 1. The number of rotatable bonds is 5. The largest absolute Gasteiger partial charge is 0.496 e. The quantitative estimate of drug-likeness (QED) is 0.768. The number of benzene rings is 1. The molecule has 0 bridgehead atoms. The van der Waals surface area contributed by atoms with Crippen molar-refractivity contribution in [2.24, 2.45) is 0 Å². The number of carbonyl (C=O) groups excluding carboxylic acids is 1. The number of carbonyl (C=O) groups is 1. The van der Waals surface area contributed by atoms with Crippen LogP contribution in [-0.2, 0) is 0 Å². The van der Waals surface area contributed by atoms with E-state index >= 15 is 0 Å². The van der Waals surface area contributed by atoms with E-state index in [9.17, 15) is 4.79 Å². The lowest BCUT2D eigenvalue weighted by molar-refractivity contribution is 0.0949. The Morgan fingerprint density at radius 2 is 1.75 bits per heavy atom.